The number of nitrogens with zero attached hydrogens (tertiary/aromatic N) is 2. The highest BCUT2D eigenvalue weighted by atomic mass is 16.5. The van der Waals surface area contributed by atoms with E-state index < -0.39 is 5.41 Å². The standard InChI is InChI=1S/C26H36N2O2/c1-5-26(19-21(2)27(3)4,24-9-7-6-8-10-24)25(29)23-13-11-22(12-14-23)20-28-15-17-30-18-16-28/h6-14,21H,5,15-20H2,1-4H3/t21-,26-/m0/s1. The van der Waals surface area contributed by atoms with Crippen LogP contribution in [0.25, 0.3) is 0 Å². The molecular formula is C26H36N2O2. The van der Waals surface area contributed by atoms with Gasteiger partial charge in [0.15, 0.2) is 5.78 Å². The molecule has 0 unspecified atom stereocenters. The summed E-state index contributed by atoms with van der Waals surface area (Å²) in [7, 11) is 4.17. The summed E-state index contributed by atoms with van der Waals surface area (Å²) in [6.45, 7) is 8.79. The Bertz CT molecular complexity index is 798. The topological polar surface area (TPSA) is 32.8 Å². The highest BCUT2D eigenvalue weighted by molar-refractivity contribution is 6.04. The maximum absolute atomic E-state index is 13.9. The molecule has 2 aromatic rings. The first-order valence-corrected chi connectivity index (χ1v) is 11.1. The van der Waals surface area contributed by atoms with Gasteiger partial charge in [0, 0.05) is 31.2 Å². The molecular weight excluding hydrogens is 372 g/mol. The second kappa shape index (κ2) is 10.3. The molecule has 0 saturated carbocycles. The van der Waals surface area contributed by atoms with Crippen LogP contribution in [0.5, 0.6) is 0 Å². The van der Waals surface area contributed by atoms with Crippen LogP contribution in [0, 0.1) is 0 Å². The summed E-state index contributed by atoms with van der Waals surface area (Å²) in [4.78, 5) is 18.5. The third-order valence-electron chi connectivity index (χ3n) is 6.62. The molecule has 3 rings (SSSR count). The van der Waals surface area contributed by atoms with Crippen molar-refractivity contribution in [3.8, 4) is 0 Å². The maximum Gasteiger partial charge on any atom is 0.173 e. The Morgan fingerprint density at radius 1 is 1.07 bits per heavy atom. The molecule has 1 fully saturated rings. The SMILES string of the molecule is CC[C@@](C[C@H](C)N(C)C)(C(=O)c1ccc(CN2CCOCC2)cc1)c1ccccc1. The summed E-state index contributed by atoms with van der Waals surface area (Å²) in [6.07, 6.45) is 1.58. The average molecular weight is 409 g/mol. The predicted octanol–water partition coefficient (Wildman–Crippen LogP) is 4.39. The number of carbonyl (C=O) groups is 1. The van der Waals surface area contributed by atoms with Gasteiger partial charge in [0.05, 0.1) is 18.6 Å². The highest BCUT2D eigenvalue weighted by Crippen LogP contribution is 2.37. The van der Waals surface area contributed by atoms with E-state index in [9.17, 15) is 4.79 Å². The first-order valence-electron chi connectivity index (χ1n) is 11.1. The maximum atomic E-state index is 13.9. The zero-order chi connectivity index (χ0) is 21.6. The van der Waals surface area contributed by atoms with E-state index in [1.807, 2.05) is 30.3 Å². The first kappa shape index (κ1) is 22.7. The number of rotatable bonds is 9. The smallest absolute Gasteiger partial charge is 0.173 e. The average Bonchev–Trinajstić information content (AvgIpc) is 2.78. The van der Waals surface area contributed by atoms with Crippen LogP contribution in [0.3, 0.4) is 0 Å². The van der Waals surface area contributed by atoms with Crippen molar-refractivity contribution in [1.82, 2.24) is 9.80 Å². The summed E-state index contributed by atoms with van der Waals surface area (Å²) in [5.41, 5.74) is 2.65. The Labute approximate surface area is 181 Å². The van der Waals surface area contributed by atoms with E-state index in [4.69, 9.17) is 4.74 Å². The van der Waals surface area contributed by atoms with Gasteiger partial charge in [-0.25, -0.2) is 0 Å². The Kier molecular flexibility index (Phi) is 7.81. The third kappa shape index (κ3) is 5.18. The second-order valence-corrected chi connectivity index (χ2v) is 8.73. The zero-order valence-corrected chi connectivity index (χ0v) is 18.9. The largest absolute Gasteiger partial charge is 0.379 e. The Morgan fingerprint density at radius 2 is 1.70 bits per heavy atom. The third-order valence-corrected chi connectivity index (χ3v) is 6.62. The molecule has 0 aliphatic carbocycles. The van der Waals surface area contributed by atoms with E-state index in [2.05, 4.69) is 62.0 Å². The second-order valence-electron chi connectivity index (χ2n) is 8.73. The van der Waals surface area contributed by atoms with Crippen LogP contribution in [0.2, 0.25) is 0 Å². The molecule has 4 heteroatoms. The number of benzene rings is 2. The van der Waals surface area contributed by atoms with Gasteiger partial charge in [0.1, 0.15) is 0 Å². The van der Waals surface area contributed by atoms with Gasteiger partial charge in [-0.3, -0.25) is 9.69 Å². The van der Waals surface area contributed by atoms with E-state index in [1.54, 1.807) is 0 Å². The van der Waals surface area contributed by atoms with Crippen molar-refractivity contribution in [2.75, 3.05) is 40.4 Å². The molecule has 1 aliphatic rings. The fourth-order valence-electron chi connectivity index (χ4n) is 4.35. The molecule has 162 valence electrons. The monoisotopic (exact) mass is 408 g/mol. The van der Waals surface area contributed by atoms with Crippen LogP contribution < -0.4 is 0 Å². The van der Waals surface area contributed by atoms with Crippen molar-refractivity contribution >= 4 is 5.78 Å². The van der Waals surface area contributed by atoms with Crippen molar-refractivity contribution in [3.05, 3.63) is 71.3 Å². The lowest BCUT2D eigenvalue weighted by molar-refractivity contribution is 0.0342. The highest BCUT2D eigenvalue weighted by Gasteiger charge is 2.40. The van der Waals surface area contributed by atoms with Gasteiger partial charge >= 0.3 is 0 Å². The van der Waals surface area contributed by atoms with Gasteiger partial charge in [0.25, 0.3) is 0 Å². The van der Waals surface area contributed by atoms with E-state index in [1.165, 1.54) is 5.56 Å². The molecule has 4 nitrogen and oxygen atoms in total. The number of morpholine rings is 1. The Hall–Kier alpha value is -2.01. The van der Waals surface area contributed by atoms with Gasteiger partial charge in [-0.05, 0) is 45.0 Å². The van der Waals surface area contributed by atoms with E-state index in [0.717, 1.165) is 56.8 Å². The summed E-state index contributed by atoms with van der Waals surface area (Å²) in [5, 5.41) is 0. The van der Waals surface area contributed by atoms with Crippen LogP contribution in [0.4, 0.5) is 0 Å². The number of Topliss-reactive ketones (excluding diaryl/α,β-unsaturated/α-hetero) is 1. The molecule has 1 saturated heterocycles. The van der Waals surface area contributed by atoms with E-state index >= 15 is 0 Å². The fourth-order valence-corrected chi connectivity index (χ4v) is 4.35. The van der Waals surface area contributed by atoms with Crippen molar-refractivity contribution in [3.63, 3.8) is 0 Å². The Balaban J connectivity index is 1.86. The number of carbonyl (C=O) groups excluding carboxylic acids is 1. The summed E-state index contributed by atoms with van der Waals surface area (Å²) < 4.78 is 5.44. The predicted molar refractivity (Wildman–Crippen MR) is 123 cm³/mol. The quantitative estimate of drug-likeness (QED) is 0.576. The van der Waals surface area contributed by atoms with Crippen molar-refractivity contribution in [2.24, 2.45) is 0 Å². The minimum Gasteiger partial charge on any atom is -0.379 e. The molecule has 0 aromatic heterocycles. The van der Waals surface area contributed by atoms with Gasteiger partial charge in [-0.1, -0.05) is 61.5 Å². The number of ether oxygens (including phenoxy) is 1. The molecule has 0 spiro atoms. The lowest BCUT2D eigenvalue weighted by Gasteiger charge is -2.36. The van der Waals surface area contributed by atoms with Crippen LogP contribution in [-0.4, -0.2) is 62.0 Å². The van der Waals surface area contributed by atoms with Crippen molar-refractivity contribution in [1.29, 1.82) is 0 Å². The summed E-state index contributed by atoms with van der Waals surface area (Å²) >= 11 is 0. The lowest BCUT2D eigenvalue weighted by Crippen LogP contribution is -2.42. The molecule has 1 aliphatic heterocycles. The van der Waals surface area contributed by atoms with Gasteiger partial charge < -0.3 is 9.64 Å². The molecule has 0 radical (unpaired) electrons. The molecule has 2 atom stereocenters. The molecule has 2 aromatic carbocycles. The molecule has 0 bridgehead atoms. The normalized spacial score (nSPS) is 18.2. The number of ketones is 1. The van der Waals surface area contributed by atoms with E-state index in [-0.39, 0.29) is 5.78 Å². The number of hydrogen-bond acceptors (Lipinski definition) is 4. The Morgan fingerprint density at radius 3 is 2.27 bits per heavy atom. The lowest BCUT2D eigenvalue weighted by atomic mass is 9.68. The van der Waals surface area contributed by atoms with Crippen LogP contribution in [0.15, 0.2) is 54.6 Å². The van der Waals surface area contributed by atoms with Crippen LogP contribution in [-0.2, 0) is 16.7 Å². The number of hydrogen-bond donors (Lipinski definition) is 0. The molecule has 0 amide bonds. The summed E-state index contributed by atoms with van der Waals surface area (Å²) in [5.74, 6) is 0.225. The van der Waals surface area contributed by atoms with Gasteiger partial charge in [-0.15, -0.1) is 0 Å². The van der Waals surface area contributed by atoms with Crippen molar-refractivity contribution in [2.45, 2.75) is 44.7 Å². The summed E-state index contributed by atoms with van der Waals surface area (Å²) in [6, 6.07) is 18.9. The molecule has 0 N–H and O–H groups in total. The van der Waals surface area contributed by atoms with E-state index in [0.29, 0.717) is 6.04 Å². The minimum atomic E-state index is -0.517. The first-order chi connectivity index (χ1) is 14.5. The minimum absolute atomic E-state index is 0.225. The van der Waals surface area contributed by atoms with Gasteiger partial charge in [-0.2, -0.15) is 0 Å². The zero-order valence-electron chi connectivity index (χ0n) is 18.9. The fraction of sp³-hybridized carbons (Fsp3) is 0.500. The molecule has 1 heterocycles. The van der Waals surface area contributed by atoms with Crippen LogP contribution in [0.1, 0.15) is 48.2 Å². The van der Waals surface area contributed by atoms with Crippen molar-refractivity contribution < 1.29 is 9.53 Å². The van der Waals surface area contributed by atoms with Gasteiger partial charge in [0.2, 0.25) is 0 Å². The van der Waals surface area contributed by atoms with Crippen LogP contribution >= 0.6 is 0 Å². The molecule has 30 heavy (non-hydrogen) atoms.